The van der Waals surface area contributed by atoms with E-state index in [0.29, 0.717) is 6.07 Å². The molecule has 0 saturated carbocycles. The fourth-order valence-electron chi connectivity index (χ4n) is 1.18. The minimum absolute atomic E-state index is 0.200. The number of rotatable bonds is 3. The Hall–Kier alpha value is -2.11. The van der Waals surface area contributed by atoms with Gasteiger partial charge in [0.2, 0.25) is 0 Å². The van der Waals surface area contributed by atoms with Crippen LogP contribution in [0.4, 0.5) is 26.3 Å². The van der Waals surface area contributed by atoms with Crippen LogP contribution in [0, 0.1) is 11.3 Å². The fourth-order valence-corrected chi connectivity index (χ4v) is 1.18. The van der Waals surface area contributed by atoms with Gasteiger partial charge in [0.15, 0.2) is 0 Å². The van der Waals surface area contributed by atoms with Gasteiger partial charge in [0.05, 0.1) is 12.5 Å². The number of halogens is 6. The second kappa shape index (κ2) is 5.26. The molecule has 0 amide bonds. The summed E-state index contributed by atoms with van der Waals surface area (Å²) >= 11 is 0. The van der Waals surface area contributed by atoms with Gasteiger partial charge < -0.3 is 9.47 Å². The summed E-state index contributed by atoms with van der Waals surface area (Å²) in [6.07, 6.45) is -10.6. The van der Waals surface area contributed by atoms with Gasteiger partial charge >= 0.3 is 12.7 Å². The summed E-state index contributed by atoms with van der Waals surface area (Å²) in [6, 6.07) is 3.68. The Morgan fingerprint density at radius 2 is 1.58 bits per heavy atom. The molecule has 0 atom stereocenters. The molecule has 1 aromatic rings. The molecule has 1 rings (SSSR count). The van der Waals surface area contributed by atoms with Crippen LogP contribution in [0.15, 0.2) is 18.2 Å². The minimum atomic E-state index is -5.08. The van der Waals surface area contributed by atoms with Crippen LogP contribution < -0.4 is 9.47 Å². The summed E-state index contributed by atoms with van der Waals surface area (Å²) in [5, 5.41) is 8.40. The third-order valence-corrected chi connectivity index (χ3v) is 1.77. The van der Waals surface area contributed by atoms with Crippen LogP contribution >= 0.6 is 0 Å². The quantitative estimate of drug-likeness (QED) is 0.797. The molecule has 0 saturated heterocycles. The highest BCUT2D eigenvalue weighted by molar-refractivity contribution is 5.42. The number of hydrogen-bond donors (Lipinski definition) is 0. The van der Waals surface area contributed by atoms with Crippen molar-refractivity contribution in [1.82, 2.24) is 0 Å². The highest BCUT2D eigenvalue weighted by atomic mass is 19.4. The van der Waals surface area contributed by atoms with Crippen LogP contribution in [0.3, 0.4) is 0 Å². The van der Waals surface area contributed by atoms with Crippen LogP contribution in [0.25, 0.3) is 0 Å². The molecule has 0 aliphatic heterocycles. The lowest BCUT2D eigenvalue weighted by Crippen LogP contribution is -2.19. The summed E-state index contributed by atoms with van der Waals surface area (Å²) < 4.78 is 79.0. The first-order valence-electron chi connectivity index (χ1n) is 4.62. The van der Waals surface area contributed by atoms with E-state index in [1.165, 1.54) is 0 Å². The Kier molecular flexibility index (Phi) is 4.14. The maximum atomic E-state index is 12.1. The van der Waals surface area contributed by atoms with Gasteiger partial charge in [-0.1, -0.05) is 6.07 Å². The molecule has 0 fully saturated rings. The van der Waals surface area contributed by atoms with Crippen LogP contribution in [0.1, 0.15) is 5.56 Å². The van der Waals surface area contributed by atoms with Crippen LogP contribution in [0.5, 0.6) is 11.5 Å². The summed E-state index contributed by atoms with van der Waals surface area (Å²) in [5.74, 6) is -1.77. The fraction of sp³-hybridized carbons (Fsp3) is 0.300. The van der Waals surface area contributed by atoms with E-state index in [0.717, 1.165) is 12.1 Å². The zero-order valence-electron chi connectivity index (χ0n) is 8.97. The zero-order chi connectivity index (χ0) is 14.7. The molecule has 0 N–H and O–H groups in total. The third kappa shape index (κ3) is 5.37. The lowest BCUT2D eigenvalue weighted by Gasteiger charge is -2.14. The van der Waals surface area contributed by atoms with Gasteiger partial charge in [-0.25, -0.2) is 0 Å². The summed E-state index contributed by atoms with van der Waals surface area (Å²) in [5.41, 5.74) is -0.200. The Bertz CT molecular complexity index is 488. The lowest BCUT2D eigenvalue weighted by atomic mass is 10.1. The van der Waals surface area contributed by atoms with Crippen molar-refractivity contribution in [2.24, 2.45) is 0 Å². The Morgan fingerprint density at radius 3 is 2.05 bits per heavy atom. The van der Waals surface area contributed by atoms with E-state index in [2.05, 4.69) is 9.47 Å². The Labute approximate surface area is 103 Å². The molecule has 3 nitrogen and oxygen atoms in total. The third-order valence-electron chi connectivity index (χ3n) is 1.77. The molecule has 0 unspecified atom stereocenters. The SMILES string of the molecule is N#CCc1ccc(OC(F)(F)F)cc1OC(F)(F)F. The maximum absolute atomic E-state index is 12.1. The number of nitriles is 1. The largest absolute Gasteiger partial charge is 0.573 e. The van der Waals surface area contributed by atoms with Crippen molar-refractivity contribution < 1.29 is 35.8 Å². The van der Waals surface area contributed by atoms with E-state index in [-0.39, 0.29) is 5.56 Å². The molecule has 0 aromatic heterocycles. The van der Waals surface area contributed by atoms with Gasteiger partial charge in [-0.3, -0.25) is 0 Å². The van der Waals surface area contributed by atoms with Crippen LogP contribution in [-0.4, -0.2) is 12.7 Å². The number of ether oxygens (including phenoxy) is 2. The first kappa shape index (κ1) is 14.9. The second-order valence-corrected chi connectivity index (χ2v) is 3.20. The smallest absolute Gasteiger partial charge is 0.406 e. The number of nitrogens with zero attached hydrogens (tertiary/aromatic N) is 1. The van der Waals surface area contributed by atoms with Crippen LogP contribution in [0.2, 0.25) is 0 Å². The van der Waals surface area contributed by atoms with E-state index in [1.54, 1.807) is 6.07 Å². The molecule has 0 spiro atoms. The number of benzene rings is 1. The topological polar surface area (TPSA) is 42.2 Å². The highest BCUT2D eigenvalue weighted by Gasteiger charge is 2.34. The van der Waals surface area contributed by atoms with Crippen molar-refractivity contribution in [3.8, 4) is 17.6 Å². The first-order valence-corrected chi connectivity index (χ1v) is 4.62. The van der Waals surface area contributed by atoms with E-state index < -0.39 is 30.6 Å². The molecule has 9 heteroatoms. The molecule has 19 heavy (non-hydrogen) atoms. The second-order valence-electron chi connectivity index (χ2n) is 3.20. The minimum Gasteiger partial charge on any atom is -0.406 e. The van der Waals surface area contributed by atoms with E-state index >= 15 is 0 Å². The molecule has 104 valence electrons. The van der Waals surface area contributed by atoms with Crippen molar-refractivity contribution in [3.63, 3.8) is 0 Å². The van der Waals surface area contributed by atoms with E-state index in [1.807, 2.05) is 0 Å². The maximum Gasteiger partial charge on any atom is 0.573 e. The average molecular weight is 285 g/mol. The molecular weight excluding hydrogens is 280 g/mol. The van der Waals surface area contributed by atoms with Gasteiger partial charge in [0.1, 0.15) is 11.5 Å². The Balaban J connectivity index is 3.08. The lowest BCUT2D eigenvalue weighted by molar-refractivity contribution is -0.276. The molecule has 0 aliphatic carbocycles. The Morgan fingerprint density at radius 1 is 1.00 bits per heavy atom. The predicted molar refractivity (Wildman–Crippen MR) is 49.1 cm³/mol. The predicted octanol–water partition coefficient (Wildman–Crippen LogP) is 3.55. The molecular formula is C10H5F6NO2. The summed E-state index contributed by atoms with van der Waals surface area (Å²) in [4.78, 5) is 0. The molecule has 1 aromatic carbocycles. The monoisotopic (exact) mass is 285 g/mol. The molecule has 0 radical (unpaired) electrons. The van der Waals surface area contributed by atoms with Crippen LogP contribution in [-0.2, 0) is 6.42 Å². The molecule has 0 aliphatic rings. The van der Waals surface area contributed by atoms with Gasteiger partial charge in [0.25, 0.3) is 0 Å². The highest BCUT2D eigenvalue weighted by Crippen LogP contribution is 2.32. The van der Waals surface area contributed by atoms with Crippen molar-refractivity contribution in [3.05, 3.63) is 23.8 Å². The summed E-state index contributed by atoms with van der Waals surface area (Å²) in [7, 11) is 0. The zero-order valence-corrected chi connectivity index (χ0v) is 8.97. The van der Waals surface area contributed by atoms with Crippen molar-refractivity contribution in [2.75, 3.05) is 0 Å². The van der Waals surface area contributed by atoms with E-state index in [4.69, 9.17) is 5.26 Å². The molecule has 0 bridgehead atoms. The van der Waals surface area contributed by atoms with Gasteiger partial charge in [-0.2, -0.15) is 5.26 Å². The first-order chi connectivity index (χ1) is 8.61. The standard InChI is InChI=1S/C10H5F6NO2/c11-9(12,13)18-7-2-1-6(3-4-17)8(5-7)19-10(14,15)16/h1-2,5H,3H2. The van der Waals surface area contributed by atoms with E-state index in [9.17, 15) is 26.3 Å². The van der Waals surface area contributed by atoms with Crippen molar-refractivity contribution in [1.29, 1.82) is 5.26 Å². The van der Waals surface area contributed by atoms with Gasteiger partial charge in [-0.15, -0.1) is 26.3 Å². The van der Waals surface area contributed by atoms with Crippen molar-refractivity contribution >= 4 is 0 Å². The van der Waals surface area contributed by atoms with Crippen molar-refractivity contribution in [2.45, 2.75) is 19.1 Å². The normalized spacial score (nSPS) is 11.8. The number of alkyl halides is 6. The number of hydrogen-bond acceptors (Lipinski definition) is 3. The molecule has 0 heterocycles. The average Bonchev–Trinajstić information content (AvgIpc) is 2.17. The van der Waals surface area contributed by atoms with Gasteiger partial charge in [-0.05, 0) is 6.07 Å². The summed E-state index contributed by atoms with van der Waals surface area (Å²) in [6.45, 7) is 0. The van der Waals surface area contributed by atoms with Gasteiger partial charge in [0, 0.05) is 11.6 Å².